The lowest BCUT2D eigenvalue weighted by Gasteiger charge is -2.28. The fraction of sp³-hybridized carbons (Fsp3) is 0.292. The van der Waals surface area contributed by atoms with Gasteiger partial charge in [0.05, 0.1) is 16.9 Å². The maximum atomic E-state index is 13.4. The quantitative estimate of drug-likeness (QED) is 0.343. The molecule has 1 fully saturated rings. The Morgan fingerprint density at radius 1 is 1.03 bits per heavy atom. The number of anilines is 2. The summed E-state index contributed by atoms with van der Waals surface area (Å²) in [6.07, 6.45) is 1.68. The number of hydrogen-bond donors (Lipinski definition) is 0. The minimum absolute atomic E-state index is 0.0218. The molecule has 6 nitrogen and oxygen atoms in total. The van der Waals surface area contributed by atoms with Gasteiger partial charge in [-0.15, -0.1) is 0 Å². The van der Waals surface area contributed by atoms with Crippen LogP contribution >= 0.6 is 11.8 Å². The average Bonchev–Trinajstić information content (AvgIpc) is 2.92. The lowest BCUT2D eigenvalue weighted by atomic mass is 10.0. The van der Waals surface area contributed by atoms with Crippen LogP contribution in [-0.2, 0) is 11.3 Å². The molecule has 0 radical (unpaired) electrons. The van der Waals surface area contributed by atoms with Gasteiger partial charge in [0.15, 0.2) is 0 Å². The number of pyridine rings is 1. The zero-order chi connectivity index (χ0) is 24.8. The highest BCUT2D eigenvalue weighted by molar-refractivity contribution is 8.00. The summed E-state index contributed by atoms with van der Waals surface area (Å²) in [5.41, 5.74) is -2.78. The Morgan fingerprint density at radius 3 is 2.32 bits per heavy atom. The van der Waals surface area contributed by atoms with Crippen molar-refractivity contribution in [3.63, 3.8) is 0 Å². The molecule has 3 amide bonds. The minimum atomic E-state index is -4.42. The average molecular weight is 489 g/mol. The van der Waals surface area contributed by atoms with Crippen molar-refractivity contribution in [1.29, 1.82) is 0 Å². The molecule has 0 bridgehead atoms. The first-order valence-electron chi connectivity index (χ1n) is 10.5. The molecule has 1 aromatic heterocycles. The highest BCUT2D eigenvalue weighted by Crippen LogP contribution is 2.39. The number of carbonyl (C=O) groups excluding carboxylic acids is 2. The smallest absolute Gasteiger partial charge is 0.376 e. The highest BCUT2D eigenvalue weighted by atomic mass is 32.2. The molecule has 1 saturated heterocycles. The number of halogens is 3. The molecule has 0 unspecified atom stereocenters. The van der Waals surface area contributed by atoms with Gasteiger partial charge in [0, 0.05) is 37.1 Å². The van der Waals surface area contributed by atoms with Crippen LogP contribution in [0.3, 0.4) is 0 Å². The number of rotatable bonds is 5. The Morgan fingerprint density at radius 2 is 1.71 bits per heavy atom. The number of fused-ring (bicyclic) bond motifs is 1. The molecule has 2 aromatic carbocycles. The van der Waals surface area contributed by atoms with Crippen molar-refractivity contribution in [2.75, 3.05) is 23.9 Å². The van der Waals surface area contributed by atoms with E-state index in [0.717, 1.165) is 27.1 Å². The maximum absolute atomic E-state index is 13.4. The first-order valence-corrected chi connectivity index (χ1v) is 11.3. The Labute approximate surface area is 199 Å². The lowest BCUT2D eigenvalue weighted by Crippen LogP contribution is -2.43. The van der Waals surface area contributed by atoms with Crippen molar-refractivity contribution < 1.29 is 22.8 Å². The normalized spacial score (nSPS) is 16.0. The van der Waals surface area contributed by atoms with E-state index < -0.39 is 23.0 Å². The van der Waals surface area contributed by atoms with E-state index in [4.69, 9.17) is 0 Å². The fourth-order valence-electron chi connectivity index (χ4n) is 4.01. The van der Waals surface area contributed by atoms with E-state index in [-0.39, 0.29) is 28.9 Å². The van der Waals surface area contributed by atoms with Crippen LogP contribution in [0.4, 0.5) is 29.3 Å². The monoisotopic (exact) mass is 488 g/mol. The summed E-state index contributed by atoms with van der Waals surface area (Å²) >= 11 is -0.248. The Balaban J connectivity index is 1.67. The SMILES string of the molecule is CN(C)c1cccc2c(CN3C(=O)N(c4ccc(SC(F)(F)F)cc4)C(=O)C3(C)C)ccnc12. The summed E-state index contributed by atoms with van der Waals surface area (Å²) in [5.74, 6) is -0.443. The molecule has 0 atom stereocenters. The van der Waals surface area contributed by atoms with Gasteiger partial charge in [-0.1, -0.05) is 12.1 Å². The number of thioether (sulfide) groups is 1. The molecule has 1 aliphatic heterocycles. The van der Waals surface area contributed by atoms with Crippen LogP contribution in [0.15, 0.2) is 59.6 Å². The Bertz CT molecular complexity index is 1260. The summed E-state index contributed by atoms with van der Waals surface area (Å²) in [6.45, 7) is 3.50. The molecule has 0 N–H and O–H groups in total. The number of carbonyl (C=O) groups is 2. The molecule has 2 heterocycles. The van der Waals surface area contributed by atoms with Gasteiger partial charge in [0.2, 0.25) is 0 Å². The van der Waals surface area contributed by atoms with E-state index in [0.29, 0.717) is 0 Å². The molecule has 4 rings (SSSR count). The number of imide groups is 1. The number of aromatic nitrogens is 1. The zero-order valence-electron chi connectivity index (χ0n) is 19.1. The second-order valence-corrected chi connectivity index (χ2v) is 9.79. The molecule has 1 aliphatic rings. The van der Waals surface area contributed by atoms with Crippen molar-refractivity contribution in [3.05, 3.63) is 60.3 Å². The van der Waals surface area contributed by atoms with E-state index in [1.54, 1.807) is 20.0 Å². The third-order valence-electron chi connectivity index (χ3n) is 5.80. The van der Waals surface area contributed by atoms with Gasteiger partial charge in [-0.3, -0.25) is 9.78 Å². The number of para-hydroxylation sites is 1. The van der Waals surface area contributed by atoms with Crippen molar-refractivity contribution in [2.45, 2.75) is 36.3 Å². The van der Waals surface area contributed by atoms with Crippen LogP contribution in [0, 0.1) is 0 Å². The molecule has 3 aromatic rings. The first kappa shape index (κ1) is 23.9. The summed E-state index contributed by atoms with van der Waals surface area (Å²) < 4.78 is 37.9. The topological polar surface area (TPSA) is 56.8 Å². The van der Waals surface area contributed by atoms with E-state index >= 15 is 0 Å². The minimum Gasteiger partial charge on any atom is -0.376 e. The van der Waals surface area contributed by atoms with Crippen LogP contribution < -0.4 is 9.80 Å². The van der Waals surface area contributed by atoms with Crippen molar-refractivity contribution >= 4 is 46.0 Å². The largest absolute Gasteiger partial charge is 0.446 e. The third kappa shape index (κ3) is 4.29. The number of urea groups is 1. The van der Waals surface area contributed by atoms with Crippen LogP contribution in [-0.4, -0.2) is 47.0 Å². The number of hydrogen-bond acceptors (Lipinski definition) is 5. The van der Waals surface area contributed by atoms with Gasteiger partial charge < -0.3 is 9.80 Å². The van der Waals surface area contributed by atoms with E-state index in [9.17, 15) is 22.8 Å². The zero-order valence-corrected chi connectivity index (χ0v) is 19.9. The van der Waals surface area contributed by atoms with Gasteiger partial charge in [-0.2, -0.15) is 13.2 Å². The molecule has 178 valence electrons. The molecular formula is C24H23F3N4O2S. The first-order chi connectivity index (χ1) is 15.9. The molecule has 0 aliphatic carbocycles. The fourth-order valence-corrected chi connectivity index (χ4v) is 4.55. The molecule has 0 saturated carbocycles. The molecule has 10 heteroatoms. The number of amides is 3. The Kier molecular flexibility index (Phi) is 5.97. The molecular weight excluding hydrogens is 465 g/mol. The van der Waals surface area contributed by atoms with E-state index in [1.165, 1.54) is 29.2 Å². The summed E-state index contributed by atoms with van der Waals surface area (Å²) in [6, 6.07) is 12.3. The van der Waals surface area contributed by atoms with E-state index in [1.807, 2.05) is 43.3 Å². The third-order valence-corrected chi connectivity index (χ3v) is 6.54. The second-order valence-electron chi connectivity index (χ2n) is 8.65. The standard InChI is InChI=1S/C24H23F3N4O2S/c1-23(2)21(32)31(16-8-10-17(11-9-16)34-24(25,26)27)22(33)30(23)14-15-12-13-28-20-18(15)6-5-7-19(20)29(3)4/h5-13H,14H2,1-4H3. The van der Waals surface area contributed by atoms with Crippen molar-refractivity contribution in [2.24, 2.45) is 0 Å². The number of nitrogens with zero attached hydrogens (tertiary/aromatic N) is 4. The predicted octanol–water partition coefficient (Wildman–Crippen LogP) is 5.66. The summed E-state index contributed by atoms with van der Waals surface area (Å²) in [5, 5.41) is 0.872. The Hall–Kier alpha value is -3.27. The van der Waals surface area contributed by atoms with Crippen molar-refractivity contribution in [3.8, 4) is 0 Å². The molecule has 0 spiro atoms. The van der Waals surface area contributed by atoms with Crippen LogP contribution in [0.1, 0.15) is 19.4 Å². The second kappa shape index (κ2) is 8.50. The van der Waals surface area contributed by atoms with Gasteiger partial charge in [0.25, 0.3) is 5.91 Å². The highest BCUT2D eigenvalue weighted by Gasteiger charge is 2.51. The summed E-state index contributed by atoms with van der Waals surface area (Å²) in [7, 11) is 3.84. The lowest BCUT2D eigenvalue weighted by molar-refractivity contribution is -0.123. The van der Waals surface area contributed by atoms with Gasteiger partial charge in [-0.25, -0.2) is 9.69 Å². The van der Waals surface area contributed by atoms with Crippen molar-refractivity contribution in [1.82, 2.24) is 9.88 Å². The molecule has 34 heavy (non-hydrogen) atoms. The maximum Gasteiger partial charge on any atom is 0.446 e. The predicted molar refractivity (Wildman–Crippen MR) is 127 cm³/mol. The van der Waals surface area contributed by atoms with E-state index in [2.05, 4.69) is 4.98 Å². The van der Waals surface area contributed by atoms with Crippen LogP contribution in [0.2, 0.25) is 0 Å². The van der Waals surface area contributed by atoms with Gasteiger partial charge in [0.1, 0.15) is 5.54 Å². The van der Waals surface area contributed by atoms with Gasteiger partial charge >= 0.3 is 11.5 Å². The summed E-state index contributed by atoms with van der Waals surface area (Å²) in [4.78, 5) is 35.5. The number of alkyl halides is 3. The number of benzene rings is 2. The van der Waals surface area contributed by atoms with Crippen LogP contribution in [0.25, 0.3) is 10.9 Å². The van der Waals surface area contributed by atoms with Gasteiger partial charge in [-0.05, 0) is 67.6 Å². The van der Waals surface area contributed by atoms with Crippen LogP contribution in [0.5, 0.6) is 0 Å².